The van der Waals surface area contributed by atoms with Gasteiger partial charge in [-0.1, -0.05) is 0 Å². The van der Waals surface area contributed by atoms with Crippen molar-refractivity contribution in [2.45, 2.75) is 56.5 Å². The summed E-state index contributed by atoms with van der Waals surface area (Å²) in [7, 11) is 0. The first-order chi connectivity index (χ1) is 16.0. The number of H-pyrrole nitrogens is 1. The highest BCUT2D eigenvalue weighted by molar-refractivity contribution is 7.98. The first kappa shape index (κ1) is 28.9. The smallest absolute Gasteiger partial charge is 0.326 e. The van der Waals surface area contributed by atoms with Gasteiger partial charge in [-0.2, -0.15) is 11.8 Å². The highest BCUT2D eigenvalue weighted by Gasteiger charge is 2.33. The van der Waals surface area contributed by atoms with E-state index in [0.717, 1.165) is 0 Å². The molecule has 0 bridgehead atoms. The Hall–Kier alpha value is -3.17. The highest BCUT2D eigenvalue weighted by atomic mass is 32.2. The third-order valence-electron chi connectivity index (χ3n) is 4.66. The number of nitrogens with one attached hydrogen (secondary N) is 4. The number of carbonyl (C=O) groups excluding carboxylic acids is 4. The van der Waals surface area contributed by atoms with E-state index in [1.807, 2.05) is 0 Å². The second-order valence-electron chi connectivity index (χ2n) is 7.53. The Morgan fingerprint density at radius 2 is 1.76 bits per heavy atom. The minimum Gasteiger partial charge on any atom is -0.480 e. The topological polar surface area (TPSA) is 243 Å². The molecule has 0 saturated heterocycles. The van der Waals surface area contributed by atoms with Crippen LogP contribution in [-0.2, 0) is 30.4 Å². The Morgan fingerprint density at radius 1 is 1.12 bits per heavy atom. The van der Waals surface area contributed by atoms with Crippen molar-refractivity contribution in [2.75, 3.05) is 12.0 Å². The quantitative estimate of drug-likeness (QED) is 0.120. The van der Waals surface area contributed by atoms with Crippen LogP contribution < -0.4 is 27.4 Å². The van der Waals surface area contributed by atoms with Gasteiger partial charge >= 0.3 is 5.97 Å². The van der Waals surface area contributed by atoms with Crippen LogP contribution in [0.2, 0.25) is 0 Å². The summed E-state index contributed by atoms with van der Waals surface area (Å²) in [6.45, 7) is 1.24. The number of primary amides is 1. The molecule has 0 fully saturated rings. The SMILES string of the molecule is CSCCC(NC(=O)C(NC(=O)C(Cc1cnc[nH]1)NC(=O)C(N)CC(N)=O)C(C)O)C(=O)O. The third-order valence-corrected chi connectivity index (χ3v) is 5.30. The molecule has 1 rings (SSSR count). The van der Waals surface area contributed by atoms with Gasteiger partial charge in [0.15, 0.2) is 0 Å². The van der Waals surface area contributed by atoms with Gasteiger partial charge in [-0.05, 0) is 25.4 Å². The second kappa shape index (κ2) is 14.2. The lowest BCUT2D eigenvalue weighted by atomic mass is 10.1. The number of hydrogen-bond acceptors (Lipinski definition) is 9. The van der Waals surface area contributed by atoms with Crippen LogP contribution in [0.25, 0.3) is 0 Å². The van der Waals surface area contributed by atoms with Gasteiger partial charge in [0, 0.05) is 18.3 Å². The molecule has 1 heterocycles. The molecule has 0 saturated carbocycles. The number of carboxylic acids is 1. The Morgan fingerprint density at radius 3 is 2.26 bits per heavy atom. The lowest BCUT2D eigenvalue weighted by Gasteiger charge is -2.26. The number of rotatable bonds is 15. The number of amides is 4. The minimum absolute atomic E-state index is 0.0828. The average molecular weight is 502 g/mol. The zero-order valence-corrected chi connectivity index (χ0v) is 19.6. The van der Waals surface area contributed by atoms with Gasteiger partial charge in [-0.15, -0.1) is 0 Å². The number of thioether (sulfide) groups is 1. The molecule has 5 unspecified atom stereocenters. The summed E-state index contributed by atoms with van der Waals surface area (Å²) in [4.78, 5) is 67.0. The molecule has 0 aliphatic heterocycles. The summed E-state index contributed by atoms with van der Waals surface area (Å²) in [5.74, 6) is -4.20. The Kier molecular flexibility index (Phi) is 12.0. The molecule has 1 aromatic rings. The fourth-order valence-electron chi connectivity index (χ4n) is 2.83. The van der Waals surface area contributed by atoms with Crippen LogP contribution in [0.15, 0.2) is 12.5 Å². The van der Waals surface area contributed by atoms with Crippen molar-refractivity contribution in [3.8, 4) is 0 Å². The van der Waals surface area contributed by atoms with E-state index in [9.17, 15) is 34.2 Å². The van der Waals surface area contributed by atoms with Crippen molar-refractivity contribution >= 4 is 41.4 Å². The number of nitrogens with two attached hydrogens (primary N) is 2. The van der Waals surface area contributed by atoms with E-state index in [4.69, 9.17) is 11.5 Å². The van der Waals surface area contributed by atoms with Crippen molar-refractivity contribution < 1.29 is 34.2 Å². The predicted molar refractivity (Wildman–Crippen MR) is 122 cm³/mol. The molecule has 0 spiro atoms. The van der Waals surface area contributed by atoms with Gasteiger partial charge in [0.2, 0.25) is 23.6 Å². The minimum atomic E-state index is -1.51. The van der Waals surface area contributed by atoms with Crippen molar-refractivity contribution in [3.63, 3.8) is 0 Å². The summed E-state index contributed by atoms with van der Waals surface area (Å²) in [6.07, 6.45) is 2.77. The molecule has 4 amide bonds. The van der Waals surface area contributed by atoms with Crippen LogP contribution in [0.4, 0.5) is 0 Å². The number of nitrogens with zero attached hydrogens (tertiary/aromatic N) is 1. The molecular formula is C19H31N7O7S. The number of carboxylic acid groups (broad SMARTS) is 1. The Bertz CT molecular complexity index is 850. The van der Waals surface area contributed by atoms with Crippen molar-refractivity contribution in [1.82, 2.24) is 25.9 Å². The summed E-state index contributed by atoms with van der Waals surface area (Å²) >= 11 is 1.40. The number of imidazole rings is 1. The average Bonchev–Trinajstić information content (AvgIpc) is 3.26. The molecule has 5 atom stereocenters. The van der Waals surface area contributed by atoms with Gasteiger partial charge < -0.3 is 42.6 Å². The summed E-state index contributed by atoms with van der Waals surface area (Å²) in [5.41, 5.74) is 11.1. The van der Waals surface area contributed by atoms with E-state index in [2.05, 4.69) is 25.9 Å². The van der Waals surface area contributed by atoms with Gasteiger partial charge in [-0.3, -0.25) is 19.2 Å². The van der Waals surface area contributed by atoms with E-state index < -0.39 is 66.3 Å². The third kappa shape index (κ3) is 9.76. The zero-order valence-electron chi connectivity index (χ0n) is 18.8. The number of aliphatic carboxylic acids is 1. The second-order valence-corrected chi connectivity index (χ2v) is 8.51. The van der Waals surface area contributed by atoms with E-state index in [1.165, 1.54) is 31.2 Å². The molecule has 190 valence electrons. The fourth-order valence-corrected chi connectivity index (χ4v) is 3.30. The number of hydrogen-bond donors (Lipinski definition) is 8. The molecule has 0 aliphatic carbocycles. The highest BCUT2D eigenvalue weighted by Crippen LogP contribution is 2.05. The molecule has 14 nitrogen and oxygen atoms in total. The van der Waals surface area contributed by atoms with E-state index >= 15 is 0 Å². The van der Waals surface area contributed by atoms with Gasteiger partial charge in [0.05, 0.1) is 24.9 Å². The van der Waals surface area contributed by atoms with Gasteiger partial charge in [-0.25, -0.2) is 9.78 Å². The van der Waals surface area contributed by atoms with Crippen molar-refractivity contribution in [3.05, 3.63) is 18.2 Å². The predicted octanol–water partition coefficient (Wildman–Crippen LogP) is -3.17. The standard InChI is InChI=1S/C19H31N7O7S/c1-9(27)15(18(31)24-12(19(32)33)3-4-34-2)26-17(30)13(5-10-7-22-8-23-10)25-16(29)11(20)6-14(21)28/h7-9,11-13,15,27H,3-6,20H2,1-2H3,(H2,21,28)(H,22,23)(H,24,31)(H,25,29)(H,26,30)(H,32,33). The molecule has 34 heavy (non-hydrogen) atoms. The van der Waals surface area contributed by atoms with Crippen LogP contribution in [0.3, 0.4) is 0 Å². The Labute approximate surface area is 200 Å². The molecule has 10 N–H and O–H groups in total. The van der Waals surface area contributed by atoms with Crippen LogP contribution >= 0.6 is 11.8 Å². The van der Waals surface area contributed by atoms with Crippen LogP contribution in [0.1, 0.15) is 25.5 Å². The van der Waals surface area contributed by atoms with E-state index in [0.29, 0.717) is 11.4 Å². The first-order valence-corrected chi connectivity index (χ1v) is 11.7. The summed E-state index contributed by atoms with van der Waals surface area (Å²) < 4.78 is 0. The number of aromatic nitrogens is 2. The number of aromatic amines is 1. The zero-order chi connectivity index (χ0) is 25.8. The lowest BCUT2D eigenvalue weighted by molar-refractivity contribution is -0.143. The molecule has 0 radical (unpaired) electrons. The summed E-state index contributed by atoms with van der Waals surface area (Å²) in [5, 5.41) is 26.4. The number of aliphatic hydroxyl groups excluding tert-OH is 1. The largest absolute Gasteiger partial charge is 0.480 e. The Balaban J connectivity index is 2.99. The first-order valence-electron chi connectivity index (χ1n) is 10.3. The molecule has 15 heteroatoms. The van der Waals surface area contributed by atoms with Crippen LogP contribution in [-0.4, -0.2) is 92.1 Å². The van der Waals surface area contributed by atoms with Crippen LogP contribution in [0, 0.1) is 0 Å². The maximum atomic E-state index is 13.0. The molecule has 0 aromatic carbocycles. The van der Waals surface area contributed by atoms with Crippen molar-refractivity contribution in [2.24, 2.45) is 11.5 Å². The molecule has 1 aromatic heterocycles. The number of aliphatic hydroxyl groups is 1. The van der Waals surface area contributed by atoms with Crippen molar-refractivity contribution in [1.29, 1.82) is 0 Å². The van der Waals surface area contributed by atoms with Gasteiger partial charge in [0.1, 0.15) is 18.1 Å². The summed E-state index contributed by atoms with van der Waals surface area (Å²) in [6, 6.07) is -5.31. The molecule has 0 aliphatic rings. The number of carbonyl (C=O) groups is 5. The van der Waals surface area contributed by atoms with Gasteiger partial charge in [0.25, 0.3) is 0 Å². The maximum absolute atomic E-state index is 13.0. The monoisotopic (exact) mass is 501 g/mol. The maximum Gasteiger partial charge on any atom is 0.326 e. The molecular weight excluding hydrogens is 470 g/mol. The normalized spacial score (nSPS) is 15.3. The lowest BCUT2D eigenvalue weighted by Crippen LogP contribution is -2.60. The van der Waals surface area contributed by atoms with E-state index in [1.54, 1.807) is 6.26 Å². The fraction of sp³-hybridized carbons (Fsp3) is 0.579. The van der Waals surface area contributed by atoms with E-state index in [-0.39, 0.29) is 12.8 Å². The van der Waals surface area contributed by atoms with Crippen LogP contribution in [0.5, 0.6) is 0 Å².